The molecule has 1 aliphatic carbocycles. The van der Waals surface area contributed by atoms with Gasteiger partial charge in [-0.15, -0.1) is 0 Å². The van der Waals surface area contributed by atoms with Crippen molar-refractivity contribution >= 4 is 17.5 Å². The minimum Gasteiger partial charge on any atom is -0.307 e. The van der Waals surface area contributed by atoms with Gasteiger partial charge in [-0.3, -0.25) is 4.79 Å². The molecule has 2 nitrogen and oxygen atoms in total. The maximum Gasteiger partial charge on any atom is 0.235 e. The quantitative estimate of drug-likeness (QED) is 0.664. The molecule has 0 spiro atoms. The Balaban J connectivity index is 1.57. The van der Waals surface area contributed by atoms with E-state index in [1.807, 2.05) is 47.4 Å². The highest BCUT2D eigenvalue weighted by molar-refractivity contribution is 6.31. The van der Waals surface area contributed by atoms with Gasteiger partial charge in [0.1, 0.15) is 0 Å². The molecule has 4 rings (SSSR count). The Morgan fingerprint density at radius 2 is 1.85 bits per heavy atom. The summed E-state index contributed by atoms with van der Waals surface area (Å²) in [7, 11) is 0. The minimum absolute atomic E-state index is 0.149. The van der Waals surface area contributed by atoms with E-state index in [1.165, 1.54) is 5.57 Å². The standard InChI is InChI=1S/C24H20ClNO/c25-22-15-6-4-11-19(22)12-8-14-21-20-13-5-7-16-23(20)26(24(21)27)17-18-9-2-1-3-10-18/h1-4,6-7,9-11,15-16,21H,5,13-14,17H2. The predicted molar refractivity (Wildman–Crippen MR) is 109 cm³/mol. The van der Waals surface area contributed by atoms with Gasteiger partial charge in [0.2, 0.25) is 5.91 Å². The van der Waals surface area contributed by atoms with Gasteiger partial charge in [-0.1, -0.05) is 72.0 Å². The van der Waals surface area contributed by atoms with Gasteiger partial charge in [0.25, 0.3) is 0 Å². The Bertz CT molecular complexity index is 978. The van der Waals surface area contributed by atoms with Crippen LogP contribution in [-0.2, 0) is 11.3 Å². The first kappa shape index (κ1) is 17.6. The fourth-order valence-electron chi connectivity index (χ4n) is 3.69. The normalized spacial score (nSPS) is 18.3. The van der Waals surface area contributed by atoms with Crippen molar-refractivity contribution in [2.75, 3.05) is 0 Å². The number of halogens is 1. The second kappa shape index (κ2) is 7.86. The van der Waals surface area contributed by atoms with Crippen molar-refractivity contribution in [3.8, 4) is 11.8 Å². The molecular weight excluding hydrogens is 354 g/mol. The zero-order valence-electron chi connectivity index (χ0n) is 15.0. The van der Waals surface area contributed by atoms with Crippen molar-refractivity contribution in [2.24, 2.45) is 5.92 Å². The third-order valence-corrected chi connectivity index (χ3v) is 5.38. The van der Waals surface area contributed by atoms with Crippen molar-refractivity contribution in [3.05, 3.63) is 94.2 Å². The van der Waals surface area contributed by atoms with Gasteiger partial charge in [0.05, 0.1) is 17.5 Å². The molecule has 1 heterocycles. The molecule has 3 heteroatoms. The number of hydrogen-bond donors (Lipinski definition) is 0. The number of benzene rings is 2. The molecule has 0 radical (unpaired) electrons. The summed E-state index contributed by atoms with van der Waals surface area (Å²) < 4.78 is 0. The Kier molecular flexibility index (Phi) is 5.14. The molecule has 0 aromatic heterocycles. The predicted octanol–water partition coefficient (Wildman–Crippen LogP) is 5.34. The molecular formula is C24H20ClNO. The number of carbonyl (C=O) groups is 1. The van der Waals surface area contributed by atoms with Crippen LogP contribution in [0.5, 0.6) is 0 Å². The monoisotopic (exact) mass is 373 g/mol. The van der Waals surface area contributed by atoms with E-state index in [2.05, 4.69) is 36.1 Å². The van der Waals surface area contributed by atoms with Crippen molar-refractivity contribution in [2.45, 2.75) is 25.8 Å². The average Bonchev–Trinajstić information content (AvgIpc) is 2.96. The highest BCUT2D eigenvalue weighted by Crippen LogP contribution is 2.38. The number of carbonyl (C=O) groups excluding carboxylic acids is 1. The number of rotatable bonds is 3. The lowest BCUT2D eigenvalue weighted by atomic mass is 9.91. The fraction of sp³-hybridized carbons (Fsp3) is 0.208. The van der Waals surface area contributed by atoms with Gasteiger partial charge < -0.3 is 4.90 Å². The molecule has 2 aromatic carbocycles. The van der Waals surface area contributed by atoms with Crippen LogP contribution >= 0.6 is 11.6 Å². The van der Waals surface area contributed by atoms with E-state index in [0.29, 0.717) is 18.0 Å². The molecule has 0 saturated heterocycles. The molecule has 0 fully saturated rings. The van der Waals surface area contributed by atoms with E-state index >= 15 is 0 Å². The summed E-state index contributed by atoms with van der Waals surface area (Å²) in [6.45, 7) is 0.608. The SMILES string of the molecule is O=C1C(CC#Cc2ccccc2Cl)C2=C(C=CCC2)N1Cc1ccccc1. The second-order valence-corrected chi connectivity index (χ2v) is 7.21. The summed E-state index contributed by atoms with van der Waals surface area (Å²) in [5.41, 5.74) is 4.24. The molecule has 1 amide bonds. The second-order valence-electron chi connectivity index (χ2n) is 6.80. The van der Waals surface area contributed by atoms with Crippen LogP contribution in [0.2, 0.25) is 5.02 Å². The lowest BCUT2D eigenvalue weighted by molar-refractivity contribution is -0.130. The molecule has 0 saturated carbocycles. The van der Waals surface area contributed by atoms with Gasteiger partial charge in [0, 0.05) is 17.7 Å². The van der Waals surface area contributed by atoms with E-state index in [0.717, 1.165) is 29.7 Å². The van der Waals surface area contributed by atoms with E-state index in [9.17, 15) is 4.79 Å². The maximum absolute atomic E-state index is 13.1. The number of amides is 1. The Labute approximate surface area is 165 Å². The molecule has 2 aliphatic rings. The summed E-state index contributed by atoms with van der Waals surface area (Å²) in [6, 6.07) is 17.7. The van der Waals surface area contributed by atoms with Gasteiger partial charge in [-0.2, -0.15) is 0 Å². The molecule has 1 unspecified atom stereocenters. The largest absolute Gasteiger partial charge is 0.307 e. The van der Waals surface area contributed by atoms with Crippen molar-refractivity contribution in [3.63, 3.8) is 0 Å². The molecule has 0 bridgehead atoms. The highest BCUT2D eigenvalue weighted by atomic mass is 35.5. The first-order valence-electron chi connectivity index (χ1n) is 9.22. The summed E-state index contributed by atoms with van der Waals surface area (Å²) in [5, 5.41) is 0.647. The number of nitrogens with zero attached hydrogens (tertiary/aromatic N) is 1. The third kappa shape index (κ3) is 3.70. The van der Waals surface area contributed by atoms with Crippen LogP contribution in [0.25, 0.3) is 0 Å². The third-order valence-electron chi connectivity index (χ3n) is 5.05. The molecule has 2 aromatic rings. The van der Waals surface area contributed by atoms with Gasteiger partial charge in [-0.25, -0.2) is 0 Å². The Morgan fingerprint density at radius 1 is 1.07 bits per heavy atom. The van der Waals surface area contributed by atoms with Crippen LogP contribution in [0.1, 0.15) is 30.4 Å². The van der Waals surface area contributed by atoms with Crippen molar-refractivity contribution < 1.29 is 4.79 Å². The first-order valence-corrected chi connectivity index (χ1v) is 9.60. The zero-order valence-corrected chi connectivity index (χ0v) is 15.7. The number of allylic oxidation sites excluding steroid dienone is 2. The lowest BCUT2D eigenvalue weighted by Gasteiger charge is -2.20. The van der Waals surface area contributed by atoms with Crippen molar-refractivity contribution in [1.29, 1.82) is 0 Å². The highest BCUT2D eigenvalue weighted by Gasteiger charge is 2.38. The van der Waals surface area contributed by atoms with E-state index in [1.54, 1.807) is 0 Å². The Morgan fingerprint density at radius 3 is 2.67 bits per heavy atom. The van der Waals surface area contributed by atoms with Gasteiger partial charge >= 0.3 is 0 Å². The summed E-state index contributed by atoms with van der Waals surface area (Å²) >= 11 is 6.18. The minimum atomic E-state index is -0.149. The van der Waals surface area contributed by atoms with E-state index in [4.69, 9.17) is 11.6 Å². The Hall–Kier alpha value is -2.76. The molecule has 1 atom stereocenters. The first-order chi connectivity index (χ1) is 13.2. The van der Waals surface area contributed by atoms with Crippen LogP contribution in [0, 0.1) is 17.8 Å². The van der Waals surface area contributed by atoms with Crippen LogP contribution in [0.4, 0.5) is 0 Å². The smallest absolute Gasteiger partial charge is 0.235 e. The summed E-state index contributed by atoms with van der Waals surface area (Å²) in [5.74, 6) is 6.33. The molecule has 27 heavy (non-hydrogen) atoms. The summed E-state index contributed by atoms with van der Waals surface area (Å²) in [6.07, 6.45) is 6.70. The maximum atomic E-state index is 13.1. The zero-order chi connectivity index (χ0) is 18.6. The van der Waals surface area contributed by atoms with Gasteiger partial charge in [-0.05, 0) is 42.2 Å². The number of hydrogen-bond acceptors (Lipinski definition) is 1. The van der Waals surface area contributed by atoms with Crippen LogP contribution < -0.4 is 0 Å². The fourth-order valence-corrected chi connectivity index (χ4v) is 3.87. The average molecular weight is 374 g/mol. The lowest BCUT2D eigenvalue weighted by Crippen LogP contribution is -2.28. The van der Waals surface area contributed by atoms with Crippen LogP contribution in [0.3, 0.4) is 0 Å². The topological polar surface area (TPSA) is 20.3 Å². The van der Waals surface area contributed by atoms with E-state index < -0.39 is 0 Å². The molecule has 0 N–H and O–H groups in total. The van der Waals surface area contributed by atoms with E-state index in [-0.39, 0.29) is 11.8 Å². The van der Waals surface area contributed by atoms with Crippen LogP contribution in [-0.4, -0.2) is 10.8 Å². The van der Waals surface area contributed by atoms with Crippen molar-refractivity contribution in [1.82, 2.24) is 4.90 Å². The molecule has 1 aliphatic heterocycles. The van der Waals surface area contributed by atoms with Gasteiger partial charge in [0.15, 0.2) is 0 Å². The van der Waals surface area contributed by atoms with Crippen LogP contribution in [0.15, 0.2) is 78.0 Å². The molecule has 134 valence electrons. The summed E-state index contributed by atoms with van der Waals surface area (Å²) in [4.78, 5) is 15.1.